The van der Waals surface area contributed by atoms with Crippen molar-refractivity contribution in [3.05, 3.63) is 29.8 Å². The first-order valence-corrected chi connectivity index (χ1v) is 9.50. The fourth-order valence-corrected chi connectivity index (χ4v) is 2.51. The van der Waals surface area contributed by atoms with Crippen LogP contribution in [0, 0.1) is 5.41 Å². The number of esters is 1. The summed E-state index contributed by atoms with van der Waals surface area (Å²) in [6.07, 6.45) is 4.66. The van der Waals surface area contributed by atoms with Crippen LogP contribution in [0.25, 0.3) is 0 Å². The number of amides is 1. The molecule has 0 aliphatic carbocycles. The van der Waals surface area contributed by atoms with E-state index in [1.165, 1.54) is 0 Å². The van der Waals surface area contributed by atoms with Crippen LogP contribution in [-0.2, 0) is 9.53 Å². The predicted molar refractivity (Wildman–Crippen MR) is 109 cm³/mol. The van der Waals surface area contributed by atoms with Gasteiger partial charge in [-0.15, -0.1) is 0 Å². The van der Waals surface area contributed by atoms with Crippen LogP contribution in [0.1, 0.15) is 70.2 Å². The monoisotopic (exact) mass is 378 g/mol. The molecule has 1 rings (SSSR count). The summed E-state index contributed by atoms with van der Waals surface area (Å²) >= 11 is 5.14. The fourth-order valence-electron chi connectivity index (χ4n) is 2.28. The number of anilines is 1. The Hall–Kier alpha value is -1.95. The molecule has 144 valence electrons. The minimum absolute atomic E-state index is 0.0990. The van der Waals surface area contributed by atoms with E-state index >= 15 is 0 Å². The summed E-state index contributed by atoms with van der Waals surface area (Å²) in [5, 5.41) is 5.84. The van der Waals surface area contributed by atoms with Crippen LogP contribution in [0.4, 0.5) is 5.69 Å². The lowest BCUT2D eigenvalue weighted by molar-refractivity contribution is -0.121. The highest BCUT2D eigenvalue weighted by molar-refractivity contribution is 7.80. The van der Waals surface area contributed by atoms with Gasteiger partial charge >= 0.3 is 5.97 Å². The summed E-state index contributed by atoms with van der Waals surface area (Å²) in [7, 11) is 0. The van der Waals surface area contributed by atoms with E-state index in [-0.39, 0.29) is 22.4 Å². The number of rotatable bonds is 8. The molecule has 0 saturated heterocycles. The zero-order valence-corrected chi connectivity index (χ0v) is 17.0. The van der Waals surface area contributed by atoms with Gasteiger partial charge in [0.2, 0.25) is 5.91 Å². The van der Waals surface area contributed by atoms with E-state index in [9.17, 15) is 9.59 Å². The smallest absolute Gasteiger partial charge is 0.338 e. The predicted octanol–water partition coefficient (Wildman–Crippen LogP) is 4.67. The first-order valence-electron chi connectivity index (χ1n) is 9.09. The van der Waals surface area contributed by atoms with Crippen molar-refractivity contribution in [3.8, 4) is 0 Å². The van der Waals surface area contributed by atoms with Crippen molar-refractivity contribution in [2.75, 3.05) is 11.9 Å². The van der Waals surface area contributed by atoms with Crippen molar-refractivity contribution >= 4 is 34.9 Å². The van der Waals surface area contributed by atoms with Crippen LogP contribution < -0.4 is 10.6 Å². The van der Waals surface area contributed by atoms with Gasteiger partial charge in [0, 0.05) is 12.1 Å². The Morgan fingerprint density at radius 3 is 2.31 bits per heavy atom. The van der Waals surface area contributed by atoms with Crippen molar-refractivity contribution in [2.45, 2.75) is 59.8 Å². The van der Waals surface area contributed by atoms with E-state index < -0.39 is 0 Å². The Labute approximate surface area is 161 Å². The zero-order valence-electron chi connectivity index (χ0n) is 16.2. The average molecular weight is 379 g/mol. The molecular formula is C20H30N2O3S. The Balaban J connectivity index is 2.43. The van der Waals surface area contributed by atoms with Crippen molar-refractivity contribution in [1.82, 2.24) is 5.32 Å². The SMILES string of the molecule is CCCCCCOC(=O)c1ccc(NC(=S)NC(=O)CC(C)(C)C)cc1. The molecule has 0 bridgehead atoms. The summed E-state index contributed by atoms with van der Waals surface area (Å²) in [5.74, 6) is -0.452. The molecule has 2 N–H and O–H groups in total. The molecule has 0 aliphatic rings. The molecule has 1 aromatic carbocycles. The van der Waals surface area contributed by atoms with Gasteiger partial charge in [-0.1, -0.05) is 47.0 Å². The largest absolute Gasteiger partial charge is 0.462 e. The summed E-state index contributed by atoms with van der Waals surface area (Å²) < 4.78 is 5.25. The number of carbonyl (C=O) groups is 2. The first kappa shape index (κ1) is 22.1. The topological polar surface area (TPSA) is 67.4 Å². The Kier molecular flexibility index (Phi) is 9.27. The van der Waals surface area contributed by atoms with Crippen molar-refractivity contribution in [3.63, 3.8) is 0 Å². The summed E-state index contributed by atoms with van der Waals surface area (Å²) in [5.41, 5.74) is 1.09. The van der Waals surface area contributed by atoms with E-state index in [2.05, 4.69) is 17.6 Å². The van der Waals surface area contributed by atoms with E-state index in [1.54, 1.807) is 24.3 Å². The minimum atomic E-state index is -0.325. The number of benzene rings is 1. The zero-order chi connectivity index (χ0) is 19.6. The molecule has 0 heterocycles. The molecule has 1 aromatic rings. The second-order valence-electron chi connectivity index (χ2n) is 7.51. The number of ether oxygens (including phenoxy) is 1. The second kappa shape index (κ2) is 10.9. The molecule has 0 aromatic heterocycles. The Morgan fingerprint density at radius 1 is 1.08 bits per heavy atom. The van der Waals surface area contributed by atoms with Crippen LogP contribution >= 0.6 is 12.2 Å². The second-order valence-corrected chi connectivity index (χ2v) is 7.92. The van der Waals surface area contributed by atoms with Gasteiger partial charge in [-0.05, 0) is 48.3 Å². The maximum Gasteiger partial charge on any atom is 0.338 e. The lowest BCUT2D eigenvalue weighted by Gasteiger charge is -2.17. The van der Waals surface area contributed by atoms with Crippen LogP contribution in [0.15, 0.2) is 24.3 Å². The quantitative estimate of drug-likeness (QED) is 0.391. The van der Waals surface area contributed by atoms with Crippen molar-refractivity contribution in [1.29, 1.82) is 0 Å². The molecule has 0 unspecified atom stereocenters. The van der Waals surface area contributed by atoms with E-state index in [4.69, 9.17) is 17.0 Å². The number of hydrogen-bond donors (Lipinski definition) is 2. The summed E-state index contributed by atoms with van der Waals surface area (Å²) in [6.45, 7) is 8.56. The summed E-state index contributed by atoms with van der Waals surface area (Å²) in [6, 6.07) is 6.82. The Bertz CT molecular complexity index is 606. The lowest BCUT2D eigenvalue weighted by atomic mass is 9.92. The molecule has 0 atom stereocenters. The summed E-state index contributed by atoms with van der Waals surface area (Å²) in [4.78, 5) is 23.8. The van der Waals surface area contributed by atoms with Gasteiger partial charge in [-0.3, -0.25) is 4.79 Å². The number of hydrogen-bond acceptors (Lipinski definition) is 4. The number of carbonyl (C=O) groups excluding carboxylic acids is 2. The first-order chi connectivity index (χ1) is 12.2. The molecule has 0 spiro atoms. The van der Waals surface area contributed by atoms with Crippen molar-refractivity contribution < 1.29 is 14.3 Å². The van der Waals surface area contributed by atoms with Gasteiger partial charge in [-0.2, -0.15) is 0 Å². The van der Waals surface area contributed by atoms with E-state index in [0.717, 1.165) is 25.7 Å². The number of nitrogens with one attached hydrogen (secondary N) is 2. The highest BCUT2D eigenvalue weighted by Crippen LogP contribution is 2.18. The van der Waals surface area contributed by atoms with Crippen LogP contribution in [0.3, 0.4) is 0 Å². The van der Waals surface area contributed by atoms with Crippen LogP contribution in [0.5, 0.6) is 0 Å². The van der Waals surface area contributed by atoms with Gasteiger partial charge in [0.05, 0.1) is 12.2 Å². The average Bonchev–Trinajstić information content (AvgIpc) is 2.53. The number of thiocarbonyl (C=S) groups is 1. The van der Waals surface area contributed by atoms with Gasteiger partial charge in [0.15, 0.2) is 5.11 Å². The molecule has 0 fully saturated rings. The maximum absolute atomic E-state index is 12.0. The van der Waals surface area contributed by atoms with E-state index in [0.29, 0.717) is 24.3 Å². The molecule has 5 nitrogen and oxygen atoms in total. The Morgan fingerprint density at radius 2 is 1.73 bits per heavy atom. The molecule has 26 heavy (non-hydrogen) atoms. The highest BCUT2D eigenvalue weighted by Gasteiger charge is 2.16. The standard InChI is InChI=1S/C20H30N2O3S/c1-5-6-7-8-13-25-18(24)15-9-11-16(12-10-15)21-19(26)22-17(23)14-20(2,3)4/h9-12H,5-8,13-14H2,1-4H3,(H2,21,22,23,26). The third-order valence-corrected chi connectivity index (χ3v) is 3.76. The normalized spacial score (nSPS) is 10.9. The molecule has 1 amide bonds. The fraction of sp³-hybridized carbons (Fsp3) is 0.550. The van der Waals surface area contributed by atoms with Crippen molar-refractivity contribution in [2.24, 2.45) is 5.41 Å². The molecule has 0 saturated carbocycles. The number of unbranched alkanes of at least 4 members (excludes halogenated alkanes) is 3. The molecule has 0 aliphatic heterocycles. The lowest BCUT2D eigenvalue weighted by Crippen LogP contribution is -2.36. The van der Waals surface area contributed by atoms with Gasteiger partial charge in [-0.25, -0.2) is 4.79 Å². The van der Waals surface area contributed by atoms with Gasteiger partial charge in [0.25, 0.3) is 0 Å². The van der Waals surface area contributed by atoms with Gasteiger partial charge in [0.1, 0.15) is 0 Å². The highest BCUT2D eigenvalue weighted by atomic mass is 32.1. The van der Waals surface area contributed by atoms with E-state index in [1.807, 2.05) is 20.8 Å². The molecular weight excluding hydrogens is 348 g/mol. The third kappa shape index (κ3) is 9.51. The van der Waals surface area contributed by atoms with Gasteiger partial charge < -0.3 is 15.4 Å². The molecule has 6 heteroatoms. The molecule has 0 radical (unpaired) electrons. The van der Waals surface area contributed by atoms with Crippen LogP contribution in [0.2, 0.25) is 0 Å². The maximum atomic E-state index is 12.0. The van der Waals surface area contributed by atoms with Crippen LogP contribution in [-0.4, -0.2) is 23.6 Å². The third-order valence-electron chi connectivity index (χ3n) is 3.55. The minimum Gasteiger partial charge on any atom is -0.462 e.